The van der Waals surface area contributed by atoms with Crippen molar-refractivity contribution in [3.8, 4) is 0 Å². The molecule has 120 valence electrons. The number of nitrogens with zero attached hydrogens (tertiary/aromatic N) is 2. The first-order chi connectivity index (χ1) is 10.1. The summed E-state index contributed by atoms with van der Waals surface area (Å²) < 4.78 is 4.76. The molecule has 0 aromatic heterocycles. The molecule has 21 heavy (non-hydrogen) atoms. The molecule has 1 unspecified atom stereocenters. The van der Waals surface area contributed by atoms with Gasteiger partial charge in [0.25, 0.3) is 0 Å². The van der Waals surface area contributed by atoms with E-state index in [-0.39, 0.29) is 24.4 Å². The van der Waals surface area contributed by atoms with Gasteiger partial charge in [-0.05, 0) is 38.1 Å². The van der Waals surface area contributed by atoms with E-state index in [1.54, 1.807) is 0 Å². The summed E-state index contributed by atoms with van der Waals surface area (Å²) in [5.74, 6) is 0.462. The summed E-state index contributed by atoms with van der Waals surface area (Å²) in [6.45, 7) is 3.83. The minimum Gasteiger partial charge on any atom is -0.469 e. The Morgan fingerprint density at radius 1 is 1.19 bits per heavy atom. The summed E-state index contributed by atoms with van der Waals surface area (Å²) in [4.78, 5) is 27.8. The van der Waals surface area contributed by atoms with Gasteiger partial charge in [0.15, 0.2) is 0 Å². The predicted molar refractivity (Wildman–Crippen MR) is 77.6 cm³/mol. The van der Waals surface area contributed by atoms with Crippen molar-refractivity contribution in [2.24, 2.45) is 11.8 Å². The lowest BCUT2D eigenvalue weighted by Crippen LogP contribution is -2.44. The summed E-state index contributed by atoms with van der Waals surface area (Å²) in [5.41, 5.74) is 0. The molecular formula is C15H26N2O4. The van der Waals surface area contributed by atoms with Crippen LogP contribution in [0.4, 0.5) is 0 Å². The SMILES string of the molecule is COC(=O)C1CCN(C(=O)CN2CCC(CCO)C2)CC1. The maximum absolute atomic E-state index is 12.3. The van der Waals surface area contributed by atoms with Gasteiger partial charge in [0.05, 0.1) is 19.6 Å². The molecule has 0 bridgehead atoms. The van der Waals surface area contributed by atoms with Gasteiger partial charge in [0, 0.05) is 26.2 Å². The summed E-state index contributed by atoms with van der Waals surface area (Å²) in [5, 5.41) is 8.96. The van der Waals surface area contributed by atoms with Crippen LogP contribution in [0.3, 0.4) is 0 Å². The minimum absolute atomic E-state index is 0.0558. The monoisotopic (exact) mass is 298 g/mol. The molecule has 1 amide bonds. The van der Waals surface area contributed by atoms with Crippen LogP contribution in [0.25, 0.3) is 0 Å². The van der Waals surface area contributed by atoms with Crippen molar-refractivity contribution < 1.29 is 19.4 Å². The normalized spacial score (nSPS) is 24.3. The van der Waals surface area contributed by atoms with Crippen LogP contribution in [0, 0.1) is 11.8 Å². The first-order valence-corrected chi connectivity index (χ1v) is 7.83. The van der Waals surface area contributed by atoms with Crippen LogP contribution < -0.4 is 0 Å². The standard InChI is InChI=1S/C15H26N2O4/c1-21-15(20)13-3-7-17(8-4-13)14(19)11-16-6-2-12(10-16)5-9-18/h12-13,18H,2-11H2,1H3. The molecule has 0 spiro atoms. The molecular weight excluding hydrogens is 272 g/mol. The Labute approximate surface area is 126 Å². The van der Waals surface area contributed by atoms with E-state index in [2.05, 4.69) is 4.90 Å². The second-order valence-electron chi connectivity index (χ2n) is 6.08. The molecule has 2 rings (SSSR count). The number of hydrogen-bond acceptors (Lipinski definition) is 5. The molecule has 2 aliphatic heterocycles. The van der Waals surface area contributed by atoms with Crippen LogP contribution in [0.15, 0.2) is 0 Å². The molecule has 0 radical (unpaired) electrons. The Balaban J connectivity index is 1.72. The van der Waals surface area contributed by atoms with E-state index in [0.29, 0.717) is 38.4 Å². The number of methoxy groups -OCH3 is 1. The van der Waals surface area contributed by atoms with Crippen molar-refractivity contribution in [2.45, 2.75) is 25.7 Å². The highest BCUT2D eigenvalue weighted by Gasteiger charge is 2.30. The molecule has 6 heteroatoms. The van der Waals surface area contributed by atoms with E-state index in [1.807, 2.05) is 4.90 Å². The van der Waals surface area contributed by atoms with Crippen LogP contribution in [0.5, 0.6) is 0 Å². The Hall–Kier alpha value is -1.14. The Morgan fingerprint density at radius 2 is 1.90 bits per heavy atom. The average molecular weight is 298 g/mol. The first-order valence-electron chi connectivity index (χ1n) is 7.83. The Kier molecular flexibility index (Phi) is 5.99. The lowest BCUT2D eigenvalue weighted by molar-refractivity contribution is -0.149. The van der Waals surface area contributed by atoms with E-state index in [9.17, 15) is 9.59 Å². The van der Waals surface area contributed by atoms with Crippen LogP contribution in [0.1, 0.15) is 25.7 Å². The highest BCUT2D eigenvalue weighted by molar-refractivity contribution is 5.79. The van der Waals surface area contributed by atoms with Gasteiger partial charge in [0.2, 0.25) is 5.91 Å². The van der Waals surface area contributed by atoms with Crippen molar-refractivity contribution in [3.05, 3.63) is 0 Å². The number of esters is 1. The number of piperidine rings is 1. The third-order valence-corrected chi connectivity index (χ3v) is 4.65. The molecule has 2 heterocycles. The van der Waals surface area contributed by atoms with Gasteiger partial charge in [-0.15, -0.1) is 0 Å². The fraction of sp³-hybridized carbons (Fsp3) is 0.867. The second-order valence-corrected chi connectivity index (χ2v) is 6.08. The van der Waals surface area contributed by atoms with E-state index in [4.69, 9.17) is 9.84 Å². The van der Waals surface area contributed by atoms with Crippen LogP contribution >= 0.6 is 0 Å². The zero-order valence-electron chi connectivity index (χ0n) is 12.8. The molecule has 2 aliphatic rings. The first kappa shape index (κ1) is 16.2. The maximum atomic E-state index is 12.3. The van der Waals surface area contributed by atoms with Gasteiger partial charge in [-0.1, -0.05) is 0 Å². The smallest absolute Gasteiger partial charge is 0.308 e. The van der Waals surface area contributed by atoms with Crippen molar-refractivity contribution in [1.82, 2.24) is 9.80 Å². The minimum atomic E-state index is -0.159. The largest absolute Gasteiger partial charge is 0.469 e. The number of hydrogen-bond donors (Lipinski definition) is 1. The van der Waals surface area contributed by atoms with E-state index in [0.717, 1.165) is 25.9 Å². The maximum Gasteiger partial charge on any atom is 0.308 e. The zero-order chi connectivity index (χ0) is 15.2. The van der Waals surface area contributed by atoms with Crippen molar-refractivity contribution in [3.63, 3.8) is 0 Å². The lowest BCUT2D eigenvalue weighted by atomic mass is 9.97. The number of rotatable bonds is 5. The quantitative estimate of drug-likeness (QED) is 0.729. The van der Waals surface area contributed by atoms with Gasteiger partial charge in [-0.2, -0.15) is 0 Å². The third-order valence-electron chi connectivity index (χ3n) is 4.65. The molecule has 0 aliphatic carbocycles. The van der Waals surface area contributed by atoms with Crippen LogP contribution in [0.2, 0.25) is 0 Å². The van der Waals surface area contributed by atoms with Gasteiger partial charge in [-0.25, -0.2) is 0 Å². The molecule has 2 fully saturated rings. The van der Waals surface area contributed by atoms with Crippen molar-refractivity contribution in [1.29, 1.82) is 0 Å². The fourth-order valence-electron chi connectivity index (χ4n) is 3.30. The van der Waals surface area contributed by atoms with Crippen molar-refractivity contribution in [2.75, 3.05) is 46.4 Å². The van der Waals surface area contributed by atoms with E-state index < -0.39 is 0 Å². The molecule has 0 aromatic carbocycles. The van der Waals surface area contributed by atoms with Crippen LogP contribution in [-0.4, -0.2) is 73.2 Å². The van der Waals surface area contributed by atoms with Crippen LogP contribution in [-0.2, 0) is 14.3 Å². The number of ether oxygens (including phenoxy) is 1. The molecule has 0 aromatic rings. The second kappa shape index (κ2) is 7.75. The highest BCUT2D eigenvalue weighted by Crippen LogP contribution is 2.21. The van der Waals surface area contributed by atoms with E-state index in [1.165, 1.54) is 7.11 Å². The molecule has 2 saturated heterocycles. The number of carbonyl (C=O) groups excluding carboxylic acids is 2. The summed E-state index contributed by atoms with van der Waals surface area (Å²) in [6.07, 6.45) is 3.30. The predicted octanol–water partition coefficient (Wildman–Crippen LogP) is 0.102. The molecule has 1 atom stereocenters. The molecule has 6 nitrogen and oxygen atoms in total. The molecule has 1 N–H and O–H groups in total. The number of aliphatic hydroxyl groups excluding tert-OH is 1. The average Bonchev–Trinajstić information content (AvgIpc) is 2.94. The number of aliphatic hydroxyl groups is 1. The Bertz CT molecular complexity index is 367. The topological polar surface area (TPSA) is 70.1 Å². The number of amides is 1. The third kappa shape index (κ3) is 4.41. The summed E-state index contributed by atoms with van der Waals surface area (Å²) >= 11 is 0. The number of likely N-dealkylation sites (tertiary alicyclic amines) is 2. The van der Waals surface area contributed by atoms with Gasteiger partial charge < -0.3 is 14.7 Å². The Morgan fingerprint density at radius 3 is 2.52 bits per heavy atom. The zero-order valence-corrected chi connectivity index (χ0v) is 12.8. The van der Waals surface area contributed by atoms with Gasteiger partial charge >= 0.3 is 5.97 Å². The number of carbonyl (C=O) groups is 2. The summed E-state index contributed by atoms with van der Waals surface area (Å²) in [6, 6.07) is 0. The van der Waals surface area contributed by atoms with Gasteiger partial charge in [-0.3, -0.25) is 14.5 Å². The highest BCUT2D eigenvalue weighted by atomic mass is 16.5. The lowest BCUT2D eigenvalue weighted by Gasteiger charge is -2.32. The van der Waals surface area contributed by atoms with Crippen molar-refractivity contribution >= 4 is 11.9 Å². The fourth-order valence-corrected chi connectivity index (χ4v) is 3.30. The molecule has 0 saturated carbocycles. The van der Waals surface area contributed by atoms with Gasteiger partial charge in [0.1, 0.15) is 0 Å². The van der Waals surface area contributed by atoms with E-state index >= 15 is 0 Å². The summed E-state index contributed by atoms with van der Waals surface area (Å²) in [7, 11) is 1.41.